The second-order valence-electron chi connectivity index (χ2n) is 10.1. The van der Waals surface area contributed by atoms with Crippen LogP contribution >= 0.6 is 0 Å². The Kier molecular flexibility index (Phi) is 7.14. The zero-order chi connectivity index (χ0) is 23.3. The smallest absolute Gasteiger partial charge is 0.225 e. The molecule has 0 unspecified atom stereocenters. The van der Waals surface area contributed by atoms with Crippen LogP contribution in [-0.2, 0) is 6.54 Å². The van der Waals surface area contributed by atoms with Crippen LogP contribution in [0.1, 0.15) is 44.1 Å². The van der Waals surface area contributed by atoms with Crippen LogP contribution in [0.3, 0.4) is 0 Å². The Hall–Kier alpha value is -2.86. The quantitative estimate of drug-likeness (QED) is 0.492. The molecule has 1 aliphatic carbocycles. The lowest BCUT2D eigenvalue weighted by molar-refractivity contribution is 0.324. The van der Waals surface area contributed by atoms with Crippen molar-refractivity contribution in [1.82, 2.24) is 15.3 Å². The van der Waals surface area contributed by atoms with E-state index in [2.05, 4.69) is 56.8 Å². The van der Waals surface area contributed by atoms with Crippen LogP contribution < -0.4 is 20.4 Å². The number of hydrogen-bond acceptors (Lipinski definition) is 6. The summed E-state index contributed by atoms with van der Waals surface area (Å²) in [6.45, 7) is 4.46. The maximum absolute atomic E-state index is 4.82. The van der Waals surface area contributed by atoms with Crippen molar-refractivity contribution in [3.63, 3.8) is 0 Å². The molecule has 0 radical (unpaired) electrons. The topological polar surface area (TPSA) is 56.3 Å². The fraction of sp³-hybridized carbons (Fsp3) is 0.500. The molecular weight excluding hydrogens is 420 g/mol. The second-order valence-corrected chi connectivity index (χ2v) is 10.1. The van der Waals surface area contributed by atoms with Crippen LogP contribution in [0.5, 0.6) is 0 Å². The van der Waals surface area contributed by atoms with Crippen LogP contribution in [0, 0.1) is 5.92 Å². The normalized spacial score (nSPS) is 20.6. The van der Waals surface area contributed by atoms with E-state index in [0.717, 1.165) is 41.7 Å². The molecule has 1 saturated heterocycles. The Bertz CT molecular complexity index is 1070. The molecule has 0 amide bonds. The second kappa shape index (κ2) is 10.6. The lowest BCUT2D eigenvalue weighted by atomic mass is 9.86. The van der Waals surface area contributed by atoms with Gasteiger partial charge >= 0.3 is 0 Å². The first-order valence-electron chi connectivity index (χ1n) is 12.9. The number of nitrogens with one attached hydrogen (secondary N) is 2. The van der Waals surface area contributed by atoms with Gasteiger partial charge in [-0.05, 0) is 80.8 Å². The lowest BCUT2D eigenvalue weighted by Crippen LogP contribution is -2.31. The highest BCUT2D eigenvalue weighted by atomic mass is 15.2. The minimum Gasteiger partial charge on any atom is -0.372 e. The average Bonchev–Trinajstić information content (AvgIpc) is 3.40. The van der Waals surface area contributed by atoms with Crippen molar-refractivity contribution in [2.75, 3.05) is 48.8 Å². The Labute approximate surface area is 203 Å². The van der Waals surface area contributed by atoms with Gasteiger partial charge in [0.05, 0.1) is 5.52 Å². The van der Waals surface area contributed by atoms with Crippen LogP contribution in [0.2, 0.25) is 0 Å². The van der Waals surface area contributed by atoms with Crippen molar-refractivity contribution in [3.8, 4) is 0 Å². The van der Waals surface area contributed by atoms with Crippen molar-refractivity contribution in [1.29, 1.82) is 0 Å². The molecule has 6 nitrogen and oxygen atoms in total. The summed E-state index contributed by atoms with van der Waals surface area (Å²) in [7, 11) is 4.08. The van der Waals surface area contributed by atoms with E-state index in [-0.39, 0.29) is 0 Å². The first kappa shape index (κ1) is 22.9. The van der Waals surface area contributed by atoms with E-state index in [0.29, 0.717) is 6.04 Å². The molecule has 0 atom stereocenters. The third-order valence-corrected chi connectivity index (χ3v) is 7.36. The highest BCUT2D eigenvalue weighted by Crippen LogP contribution is 2.28. The summed E-state index contributed by atoms with van der Waals surface area (Å²) in [6.07, 6.45) is 7.48. The molecule has 1 aromatic heterocycles. The summed E-state index contributed by atoms with van der Waals surface area (Å²) in [5.74, 6) is 2.47. The average molecular weight is 459 g/mol. The number of benzene rings is 2. The van der Waals surface area contributed by atoms with E-state index in [1.54, 1.807) is 0 Å². The molecule has 34 heavy (non-hydrogen) atoms. The number of nitrogens with zero attached hydrogens (tertiary/aromatic N) is 4. The van der Waals surface area contributed by atoms with E-state index in [4.69, 9.17) is 9.97 Å². The minimum atomic E-state index is 0.450. The first-order valence-corrected chi connectivity index (χ1v) is 12.9. The molecule has 5 rings (SSSR count). The number of hydrogen-bond donors (Lipinski definition) is 2. The molecule has 1 aliphatic heterocycles. The lowest BCUT2D eigenvalue weighted by Gasteiger charge is -2.29. The minimum absolute atomic E-state index is 0.450. The summed E-state index contributed by atoms with van der Waals surface area (Å²) >= 11 is 0. The van der Waals surface area contributed by atoms with Gasteiger partial charge in [0.1, 0.15) is 5.82 Å². The van der Waals surface area contributed by atoms with E-state index in [1.165, 1.54) is 62.9 Å². The summed E-state index contributed by atoms with van der Waals surface area (Å²) in [4.78, 5) is 14.2. The molecule has 0 bridgehead atoms. The third-order valence-electron chi connectivity index (χ3n) is 7.36. The van der Waals surface area contributed by atoms with Gasteiger partial charge in [0.15, 0.2) is 0 Å². The number of para-hydroxylation sites is 1. The van der Waals surface area contributed by atoms with Gasteiger partial charge in [0, 0.05) is 50.8 Å². The van der Waals surface area contributed by atoms with Crippen molar-refractivity contribution < 1.29 is 0 Å². The maximum Gasteiger partial charge on any atom is 0.225 e. The van der Waals surface area contributed by atoms with E-state index < -0.39 is 0 Å². The van der Waals surface area contributed by atoms with Crippen LogP contribution in [0.25, 0.3) is 10.9 Å². The van der Waals surface area contributed by atoms with Crippen LogP contribution in [0.15, 0.2) is 48.5 Å². The summed E-state index contributed by atoms with van der Waals surface area (Å²) in [6, 6.07) is 17.8. The van der Waals surface area contributed by atoms with Crippen molar-refractivity contribution in [2.45, 2.75) is 51.1 Å². The number of aromatic nitrogens is 2. The number of rotatable bonds is 8. The predicted octanol–water partition coefficient (Wildman–Crippen LogP) is 5.06. The predicted molar refractivity (Wildman–Crippen MR) is 143 cm³/mol. The zero-order valence-electron chi connectivity index (χ0n) is 20.6. The Morgan fingerprint density at radius 1 is 0.912 bits per heavy atom. The molecule has 0 spiro atoms. The molecule has 6 heteroatoms. The Morgan fingerprint density at radius 3 is 2.38 bits per heavy atom. The van der Waals surface area contributed by atoms with Gasteiger partial charge < -0.3 is 20.4 Å². The van der Waals surface area contributed by atoms with Crippen LogP contribution in [-0.4, -0.2) is 49.7 Å². The van der Waals surface area contributed by atoms with Crippen molar-refractivity contribution in [2.24, 2.45) is 5.92 Å². The van der Waals surface area contributed by atoms with Gasteiger partial charge in [-0.15, -0.1) is 0 Å². The monoisotopic (exact) mass is 458 g/mol. The summed E-state index contributed by atoms with van der Waals surface area (Å²) in [5.41, 5.74) is 3.75. The van der Waals surface area contributed by atoms with Gasteiger partial charge in [-0.2, -0.15) is 4.98 Å². The molecule has 1 saturated carbocycles. The van der Waals surface area contributed by atoms with Gasteiger partial charge in [0.25, 0.3) is 0 Å². The molecule has 3 aromatic rings. The van der Waals surface area contributed by atoms with Gasteiger partial charge in [-0.25, -0.2) is 4.98 Å². The van der Waals surface area contributed by atoms with Gasteiger partial charge in [-0.3, -0.25) is 0 Å². The molecule has 2 fully saturated rings. The summed E-state index contributed by atoms with van der Waals surface area (Å²) in [5, 5.41) is 8.42. The largest absolute Gasteiger partial charge is 0.372 e. The molecule has 2 aliphatic rings. The highest BCUT2D eigenvalue weighted by Gasteiger charge is 2.22. The highest BCUT2D eigenvalue weighted by molar-refractivity contribution is 5.90. The first-order chi connectivity index (χ1) is 16.7. The van der Waals surface area contributed by atoms with E-state index in [1.807, 2.05) is 26.2 Å². The SMILES string of the molecule is CN(C)c1nc(N[C@H]2CC[C@@H](CNCc3ccc(N4CCCC4)cc3)CC2)nc2ccccc12. The fourth-order valence-corrected chi connectivity index (χ4v) is 5.38. The molecule has 2 aromatic carbocycles. The molecule has 180 valence electrons. The molecule has 2 N–H and O–H groups in total. The number of fused-ring (bicyclic) bond motifs is 1. The Morgan fingerprint density at radius 2 is 1.65 bits per heavy atom. The molecular formula is C28H38N6. The van der Waals surface area contributed by atoms with Gasteiger partial charge in [-0.1, -0.05) is 24.3 Å². The van der Waals surface area contributed by atoms with Crippen molar-refractivity contribution in [3.05, 3.63) is 54.1 Å². The summed E-state index contributed by atoms with van der Waals surface area (Å²) < 4.78 is 0. The van der Waals surface area contributed by atoms with Crippen LogP contribution in [0.4, 0.5) is 17.5 Å². The fourth-order valence-electron chi connectivity index (χ4n) is 5.38. The van der Waals surface area contributed by atoms with E-state index in [9.17, 15) is 0 Å². The molecule has 2 heterocycles. The standard InChI is InChI=1S/C28H38N6/c1-33(2)27-25-7-3-4-8-26(25)31-28(32-27)30-23-13-9-21(10-14-23)19-29-20-22-11-15-24(16-12-22)34-17-5-6-18-34/h3-4,7-8,11-12,15-16,21,23,29H,5-6,9-10,13-14,17-20H2,1-2H3,(H,30,31,32)/t21-,23+. The zero-order valence-corrected chi connectivity index (χ0v) is 20.6. The van der Waals surface area contributed by atoms with E-state index >= 15 is 0 Å². The van der Waals surface area contributed by atoms with Crippen molar-refractivity contribution >= 4 is 28.4 Å². The Balaban J connectivity index is 1.08. The number of anilines is 3. The third kappa shape index (κ3) is 5.44. The maximum atomic E-state index is 4.82. The van der Waals surface area contributed by atoms with Gasteiger partial charge in [0.2, 0.25) is 5.95 Å².